The molecule has 4 aromatic rings. The third kappa shape index (κ3) is 5.23. The minimum Gasteiger partial charge on any atom is -0.496 e. The molecule has 1 saturated heterocycles. The Morgan fingerprint density at radius 2 is 1.81 bits per heavy atom. The maximum Gasteiger partial charge on any atom is 0.281 e. The van der Waals surface area contributed by atoms with E-state index in [9.17, 15) is 4.79 Å². The Morgan fingerprint density at radius 3 is 2.49 bits per heavy atom. The maximum absolute atomic E-state index is 17.4. The van der Waals surface area contributed by atoms with Crippen LogP contribution in [0, 0.1) is 24.4 Å². The number of hydrogen-bond acceptors (Lipinski definition) is 7. The number of benzene rings is 2. The lowest BCUT2D eigenvalue weighted by Gasteiger charge is -2.47. The molecule has 2 aliphatic heterocycles. The molecule has 12 heteroatoms. The molecule has 2 atom stereocenters. The number of piperazine rings is 1. The number of pyridine rings is 2. The van der Waals surface area contributed by atoms with E-state index in [-0.39, 0.29) is 59.0 Å². The first-order valence-electron chi connectivity index (χ1n) is 15.7. The summed E-state index contributed by atoms with van der Waals surface area (Å²) in [5, 5.41) is 3.42. The Hall–Kier alpha value is -4.42. The number of ether oxygens (including phenoxy) is 1. The van der Waals surface area contributed by atoms with Crippen LogP contribution in [0.15, 0.2) is 41.3 Å². The van der Waals surface area contributed by atoms with Gasteiger partial charge in [-0.25, -0.2) is 13.2 Å². The van der Waals surface area contributed by atoms with E-state index in [4.69, 9.17) is 4.74 Å². The quantitative estimate of drug-likeness (QED) is 0.303. The van der Waals surface area contributed by atoms with Gasteiger partial charge in [0.05, 0.1) is 40.8 Å². The zero-order valence-corrected chi connectivity index (χ0v) is 27.6. The van der Waals surface area contributed by atoms with Crippen LogP contribution >= 0.6 is 0 Å². The van der Waals surface area contributed by atoms with Gasteiger partial charge in [0.1, 0.15) is 29.1 Å². The van der Waals surface area contributed by atoms with E-state index < -0.39 is 40.2 Å². The molecule has 248 valence electrons. The molecule has 2 aromatic heterocycles. The van der Waals surface area contributed by atoms with Crippen LogP contribution in [0.4, 0.5) is 24.5 Å². The van der Waals surface area contributed by atoms with Crippen molar-refractivity contribution in [3.05, 3.63) is 75.6 Å². The molecule has 1 N–H and O–H groups in total. The molecule has 0 radical (unpaired) electrons. The number of halogens is 3. The molecular weight excluding hydrogens is 609 g/mol. The first kappa shape index (κ1) is 32.5. The van der Waals surface area contributed by atoms with E-state index in [0.29, 0.717) is 30.0 Å². The number of likely N-dealkylation sites (N-methyl/N-ethyl adjacent to an activating group) is 1. The van der Waals surface area contributed by atoms with Gasteiger partial charge in [0, 0.05) is 43.8 Å². The SMILES string of the molecule is COc1cccc(F)c1-c1c(F)cc2c3c(c(=O)n(-c4c(C)ccnc4C(C)C)c2c1F)N(CCN(C)C)C(=O)[C@H]1CN[C@H](C)CN31. The monoisotopic (exact) mass is 648 g/mol. The highest BCUT2D eigenvalue weighted by atomic mass is 19.1. The van der Waals surface area contributed by atoms with E-state index in [1.54, 1.807) is 24.1 Å². The van der Waals surface area contributed by atoms with Gasteiger partial charge in [-0.3, -0.25) is 19.1 Å². The molecule has 9 nitrogen and oxygen atoms in total. The van der Waals surface area contributed by atoms with Crippen LogP contribution in [0.1, 0.15) is 37.9 Å². The average molecular weight is 649 g/mol. The Morgan fingerprint density at radius 1 is 1.06 bits per heavy atom. The van der Waals surface area contributed by atoms with Crippen LogP contribution in [-0.2, 0) is 4.79 Å². The number of fused-ring (bicyclic) bond motifs is 5. The van der Waals surface area contributed by atoms with Crippen LogP contribution in [0.2, 0.25) is 0 Å². The van der Waals surface area contributed by atoms with Crippen LogP contribution in [0.25, 0.3) is 27.7 Å². The summed E-state index contributed by atoms with van der Waals surface area (Å²) >= 11 is 0. The Kier molecular flexibility index (Phi) is 8.52. The number of aryl methyl sites for hydroxylation is 1. The molecule has 0 spiro atoms. The predicted octanol–water partition coefficient (Wildman–Crippen LogP) is 4.99. The normalized spacial score (nSPS) is 17.9. The number of nitrogens with zero attached hydrogens (tertiary/aromatic N) is 5. The van der Waals surface area contributed by atoms with Crippen molar-refractivity contribution in [1.82, 2.24) is 19.8 Å². The Labute approximate surface area is 271 Å². The highest BCUT2D eigenvalue weighted by molar-refractivity contribution is 6.13. The van der Waals surface area contributed by atoms with E-state index in [0.717, 1.165) is 12.1 Å². The Bertz CT molecular complexity index is 1960. The van der Waals surface area contributed by atoms with E-state index in [2.05, 4.69) is 10.3 Å². The summed E-state index contributed by atoms with van der Waals surface area (Å²) in [4.78, 5) is 39.0. The van der Waals surface area contributed by atoms with Crippen LogP contribution < -0.4 is 25.4 Å². The lowest BCUT2D eigenvalue weighted by molar-refractivity contribution is -0.120. The smallest absolute Gasteiger partial charge is 0.281 e. The lowest BCUT2D eigenvalue weighted by Crippen LogP contribution is -2.65. The van der Waals surface area contributed by atoms with Crippen molar-refractivity contribution in [1.29, 1.82) is 0 Å². The molecule has 0 aliphatic carbocycles. The summed E-state index contributed by atoms with van der Waals surface area (Å²) in [6, 6.07) is 5.99. The van der Waals surface area contributed by atoms with Gasteiger partial charge in [0.15, 0.2) is 5.82 Å². The van der Waals surface area contributed by atoms with Crippen LogP contribution in [0.5, 0.6) is 5.75 Å². The van der Waals surface area contributed by atoms with Gasteiger partial charge in [0.25, 0.3) is 11.5 Å². The largest absolute Gasteiger partial charge is 0.496 e. The van der Waals surface area contributed by atoms with Gasteiger partial charge in [-0.05, 0) is 63.7 Å². The summed E-state index contributed by atoms with van der Waals surface area (Å²) in [5.74, 6) is -3.58. The van der Waals surface area contributed by atoms with Crippen LogP contribution in [0.3, 0.4) is 0 Å². The molecular formula is C35H39F3N6O3. The van der Waals surface area contributed by atoms with Crippen LogP contribution in [-0.4, -0.2) is 79.8 Å². The molecule has 6 rings (SSSR count). The fraction of sp³-hybridized carbons (Fsp3) is 0.400. The standard InChI is InChI=1S/C35H39F3N6O3/c1-18(2)29-30(19(3)11-12-39-29)44-31-21(15-23(37)27(28(31)38)26-22(36)9-8-10-25(26)47-7)32-33(35(44)46)42(14-13-41(5)6)34(45)24-16-40-20(4)17-43(24)32/h8-12,15,18,20,24,40H,13-14,16-17H2,1-7H3/t20-,24-/m1/s1. The van der Waals surface area contributed by atoms with Crippen molar-refractivity contribution in [2.24, 2.45) is 0 Å². The number of amides is 1. The molecule has 4 heterocycles. The van der Waals surface area contributed by atoms with Gasteiger partial charge in [-0.1, -0.05) is 19.9 Å². The predicted molar refractivity (Wildman–Crippen MR) is 178 cm³/mol. The number of carbonyl (C=O) groups excluding carboxylic acids is 1. The minimum atomic E-state index is -1.13. The molecule has 0 bridgehead atoms. The van der Waals surface area contributed by atoms with Crippen molar-refractivity contribution in [2.45, 2.75) is 45.7 Å². The third-order valence-electron chi connectivity index (χ3n) is 9.06. The minimum absolute atomic E-state index is 0.0441. The van der Waals surface area contributed by atoms with Crippen molar-refractivity contribution >= 4 is 28.2 Å². The first-order valence-corrected chi connectivity index (χ1v) is 15.7. The molecule has 47 heavy (non-hydrogen) atoms. The summed E-state index contributed by atoms with van der Waals surface area (Å²) in [6.07, 6.45) is 1.62. The molecule has 1 fully saturated rings. The maximum atomic E-state index is 17.4. The number of aromatic nitrogens is 2. The van der Waals surface area contributed by atoms with Gasteiger partial charge < -0.3 is 24.8 Å². The number of rotatable bonds is 7. The van der Waals surface area contributed by atoms with Gasteiger partial charge in [-0.15, -0.1) is 0 Å². The second kappa shape index (κ2) is 12.3. The van der Waals surface area contributed by atoms with E-state index in [1.165, 1.54) is 28.7 Å². The fourth-order valence-corrected chi connectivity index (χ4v) is 6.81. The zero-order valence-electron chi connectivity index (χ0n) is 27.6. The van der Waals surface area contributed by atoms with Gasteiger partial charge >= 0.3 is 0 Å². The fourth-order valence-electron chi connectivity index (χ4n) is 6.81. The van der Waals surface area contributed by atoms with Crippen molar-refractivity contribution in [2.75, 3.05) is 57.2 Å². The van der Waals surface area contributed by atoms with Gasteiger partial charge in [0.2, 0.25) is 0 Å². The van der Waals surface area contributed by atoms with E-state index >= 15 is 18.0 Å². The molecule has 2 aliphatic rings. The highest BCUT2D eigenvalue weighted by Crippen LogP contribution is 2.46. The highest BCUT2D eigenvalue weighted by Gasteiger charge is 2.45. The molecule has 1 amide bonds. The third-order valence-corrected chi connectivity index (χ3v) is 9.06. The second-order valence-corrected chi connectivity index (χ2v) is 12.9. The zero-order chi connectivity index (χ0) is 33.9. The van der Waals surface area contributed by atoms with Gasteiger partial charge in [-0.2, -0.15) is 0 Å². The summed E-state index contributed by atoms with van der Waals surface area (Å²) in [6.45, 7) is 8.77. The number of nitrogens with one attached hydrogen (secondary N) is 1. The average Bonchev–Trinajstić information content (AvgIpc) is 3.02. The molecule has 0 unspecified atom stereocenters. The topological polar surface area (TPSA) is 82.9 Å². The van der Waals surface area contributed by atoms with Crippen molar-refractivity contribution < 1.29 is 22.7 Å². The Balaban J connectivity index is 1.84. The second-order valence-electron chi connectivity index (χ2n) is 12.9. The first-order chi connectivity index (χ1) is 22.4. The van der Waals surface area contributed by atoms with Crippen molar-refractivity contribution in [3.8, 4) is 22.6 Å². The number of carbonyl (C=O) groups is 1. The lowest BCUT2D eigenvalue weighted by atomic mass is 9.95. The van der Waals surface area contributed by atoms with E-state index in [1.807, 2.05) is 39.8 Å². The molecule has 0 saturated carbocycles. The van der Waals surface area contributed by atoms with Crippen molar-refractivity contribution in [3.63, 3.8) is 0 Å². The number of anilines is 2. The number of methoxy groups -OCH3 is 1. The summed E-state index contributed by atoms with van der Waals surface area (Å²) in [7, 11) is 5.02. The summed E-state index contributed by atoms with van der Waals surface area (Å²) < 4.78 is 55.9. The molecule has 2 aromatic carbocycles. The number of hydrogen-bond donors (Lipinski definition) is 1. The summed E-state index contributed by atoms with van der Waals surface area (Å²) in [5.41, 5.74) is -0.165.